The van der Waals surface area contributed by atoms with Gasteiger partial charge in [-0.2, -0.15) is 0 Å². The monoisotopic (exact) mass is 266 g/mol. The van der Waals surface area contributed by atoms with Crippen LogP contribution in [0.1, 0.15) is 23.7 Å². The zero-order chi connectivity index (χ0) is 14.0. The van der Waals surface area contributed by atoms with Crippen molar-refractivity contribution in [2.45, 2.75) is 25.5 Å². The predicted molar refractivity (Wildman–Crippen MR) is 74.6 cm³/mol. The highest BCUT2D eigenvalue weighted by Crippen LogP contribution is 2.25. The fraction of sp³-hybridized carbons (Fsp3) is 0.600. The number of aryl methyl sites for hydroxylation is 1. The van der Waals surface area contributed by atoms with E-state index in [2.05, 4.69) is 9.80 Å². The number of likely N-dealkylation sites (N-methyl/N-ethyl adjacent to an activating group) is 2. The van der Waals surface area contributed by atoms with Crippen LogP contribution in [-0.2, 0) is 0 Å². The van der Waals surface area contributed by atoms with Gasteiger partial charge in [0.15, 0.2) is 0 Å². The molecule has 0 saturated carbocycles. The molecule has 1 N–H and O–H groups in total. The maximum Gasteiger partial charge on any atom is 0.129 e. The quantitative estimate of drug-likeness (QED) is 0.884. The molecule has 1 fully saturated rings. The van der Waals surface area contributed by atoms with Crippen molar-refractivity contribution in [1.82, 2.24) is 9.80 Å². The highest BCUT2D eigenvalue weighted by Gasteiger charge is 2.29. The number of halogens is 1. The Bertz CT molecular complexity index is 438. The number of benzene rings is 1. The summed E-state index contributed by atoms with van der Waals surface area (Å²) in [5.41, 5.74) is 1.38. The second-order valence-electron chi connectivity index (χ2n) is 5.63. The van der Waals surface area contributed by atoms with Crippen molar-refractivity contribution in [3.63, 3.8) is 0 Å². The van der Waals surface area contributed by atoms with Crippen LogP contribution < -0.4 is 0 Å². The number of aliphatic hydroxyl groups excluding tert-OH is 1. The first-order valence-corrected chi connectivity index (χ1v) is 6.82. The standard InChI is InChI=1S/C15H23FN2O/c1-11-5-6-13(16)12(9-11)15(19)14-10-17(2)7-4-8-18(14)3/h5-6,9,14-15,19H,4,7-8,10H2,1-3H3. The molecule has 1 saturated heterocycles. The van der Waals surface area contributed by atoms with Gasteiger partial charge >= 0.3 is 0 Å². The minimum Gasteiger partial charge on any atom is -0.387 e. The lowest BCUT2D eigenvalue weighted by Gasteiger charge is -2.32. The van der Waals surface area contributed by atoms with Crippen molar-refractivity contribution >= 4 is 0 Å². The van der Waals surface area contributed by atoms with Gasteiger partial charge in [0.2, 0.25) is 0 Å². The first-order chi connectivity index (χ1) is 8.99. The molecule has 0 bridgehead atoms. The van der Waals surface area contributed by atoms with Crippen LogP contribution in [0.15, 0.2) is 18.2 Å². The lowest BCUT2D eigenvalue weighted by atomic mass is 9.98. The molecule has 106 valence electrons. The Labute approximate surface area is 114 Å². The minimum atomic E-state index is -0.787. The third-order valence-electron chi connectivity index (χ3n) is 3.95. The summed E-state index contributed by atoms with van der Waals surface area (Å²) in [6, 6.07) is 4.85. The second kappa shape index (κ2) is 5.99. The number of aliphatic hydroxyl groups is 1. The van der Waals surface area contributed by atoms with Crippen LogP contribution in [0, 0.1) is 12.7 Å². The molecule has 0 amide bonds. The van der Waals surface area contributed by atoms with Crippen LogP contribution in [0.5, 0.6) is 0 Å². The van der Waals surface area contributed by atoms with Crippen molar-refractivity contribution in [3.05, 3.63) is 35.1 Å². The van der Waals surface area contributed by atoms with E-state index in [1.165, 1.54) is 6.07 Å². The van der Waals surface area contributed by atoms with E-state index in [-0.39, 0.29) is 11.9 Å². The Balaban J connectivity index is 2.25. The molecule has 1 heterocycles. The van der Waals surface area contributed by atoms with Gasteiger partial charge in [-0.05, 0) is 46.6 Å². The zero-order valence-corrected chi connectivity index (χ0v) is 11.9. The van der Waals surface area contributed by atoms with E-state index >= 15 is 0 Å². The SMILES string of the molecule is Cc1ccc(F)c(C(O)C2CN(C)CCCN2C)c1. The molecule has 1 aromatic carbocycles. The molecule has 0 radical (unpaired) electrons. The van der Waals surface area contributed by atoms with Gasteiger partial charge in [-0.15, -0.1) is 0 Å². The number of hydrogen-bond acceptors (Lipinski definition) is 3. The summed E-state index contributed by atoms with van der Waals surface area (Å²) < 4.78 is 13.9. The highest BCUT2D eigenvalue weighted by atomic mass is 19.1. The fourth-order valence-electron chi connectivity index (χ4n) is 2.74. The van der Waals surface area contributed by atoms with Gasteiger partial charge in [0.1, 0.15) is 5.82 Å². The average molecular weight is 266 g/mol. The summed E-state index contributed by atoms with van der Waals surface area (Å²) in [4.78, 5) is 4.33. The van der Waals surface area contributed by atoms with Crippen molar-refractivity contribution in [3.8, 4) is 0 Å². The molecule has 1 aromatic rings. The van der Waals surface area contributed by atoms with Gasteiger partial charge in [0.05, 0.1) is 12.1 Å². The molecular weight excluding hydrogens is 243 g/mol. The molecular formula is C15H23FN2O. The van der Waals surface area contributed by atoms with Gasteiger partial charge in [0.25, 0.3) is 0 Å². The van der Waals surface area contributed by atoms with Gasteiger partial charge in [-0.1, -0.05) is 17.7 Å². The summed E-state index contributed by atoms with van der Waals surface area (Å²) in [5.74, 6) is -0.321. The molecule has 3 nitrogen and oxygen atoms in total. The molecule has 2 rings (SSSR count). The number of hydrogen-bond donors (Lipinski definition) is 1. The fourth-order valence-corrected chi connectivity index (χ4v) is 2.74. The third kappa shape index (κ3) is 3.32. The highest BCUT2D eigenvalue weighted by molar-refractivity contribution is 5.27. The minimum absolute atomic E-state index is 0.0659. The Morgan fingerprint density at radius 1 is 1.32 bits per heavy atom. The molecule has 2 unspecified atom stereocenters. The molecule has 4 heteroatoms. The third-order valence-corrected chi connectivity index (χ3v) is 3.95. The van der Waals surface area contributed by atoms with Crippen LogP contribution in [-0.4, -0.2) is 54.7 Å². The first kappa shape index (κ1) is 14.4. The molecule has 1 aliphatic rings. The Morgan fingerprint density at radius 3 is 2.79 bits per heavy atom. The lowest BCUT2D eigenvalue weighted by molar-refractivity contribution is 0.0547. The normalized spacial score (nSPS) is 24.2. The van der Waals surface area contributed by atoms with Crippen LogP contribution in [0.2, 0.25) is 0 Å². The number of rotatable bonds is 2. The molecule has 1 aliphatic heterocycles. The van der Waals surface area contributed by atoms with Crippen molar-refractivity contribution in [1.29, 1.82) is 0 Å². The Morgan fingerprint density at radius 2 is 2.05 bits per heavy atom. The Hall–Kier alpha value is -0.970. The maximum atomic E-state index is 13.9. The van der Waals surface area contributed by atoms with Crippen LogP contribution in [0.4, 0.5) is 4.39 Å². The van der Waals surface area contributed by atoms with Crippen LogP contribution in [0.3, 0.4) is 0 Å². The molecule has 2 atom stereocenters. The van der Waals surface area contributed by atoms with E-state index in [9.17, 15) is 9.50 Å². The summed E-state index contributed by atoms with van der Waals surface area (Å²) >= 11 is 0. The van der Waals surface area contributed by atoms with Crippen molar-refractivity contribution in [2.75, 3.05) is 33.7 Å². The topological polar surface area (TPSA) is 26.7 Å². The summed E-state index contributed by atoms with van der Waals surface area (Å²) in [5, 5.41) is 10.6. The maximum absolute atomic E-state index is 13.9. The van der Waals surface area contributed by atoms with Crippen molar-refractivity contribution in [2.24, 2.45) is 0 Å². The Kier molecular flexibility index (Phi) is 4.55. The number of nitrogens with zero attached hydrogens (tertiary/aromatic N) is 2. The molecule has 0 spiro atoms. The van der Waals surface area contributed by atoms with E-state index in [0.29, 0.717) is 5.56 Å². The van der Waals surface area contributed by atoms with Crippen LogP contribution >= 0.6 is 0 Å². The zero-order valence-electron chi connectivity index (χ0n) is 11.9. The van der Waals surface area contributed by atoms with E-state index in [1.807, 2.05) is 21.0 Å². The van der Waals surface area contributed by atoms with Gasteiger partial charge in [0, 0.05) is 12.1 Å². The van der Waals surface area contributed by atoms with E-state index in [1.54, 1.807) is 12.1 Å². The van der Waals surface area contributed by atoms with E-state index in [0.717, 1.165) is 31.6 Å². The average Bonchev–Trinajstić information content (AvgIpc) is 2.53. The van der Waals surface area contributed by atoms with Crippen molar-refractivity contribution < 1.29 is 9.50 Å². The molecule has 19 heavy (non-hydrogen) atoms. The van der Waals surface area contributed by atoms with E-state index in [4.69, 9.17) is 0 Å². The molecule has 0 aliphatic carbocycles. The predicted octanol–water partition coefficient (Wildman–Crippen LogP) is 1.80. The smallest absolute Gasteiger partial charge is 0.129 e. The summed E-state index contributed by atoms with van der Waals surface area (Å²) in [6.45, 7) is 4.62. The summed E-state index contributed by atoms with van der Waals surface area (Å²) in [7, 11) is 4.05. The van der Waals surface area contributed by atoms with Gasteiger partial charge in [-0.25, -0.2) is 4.39 Å². The summed E-state index contributed by atoms with van der Waals surface area (Å²) in [6.07, 6.45) is 0.289. The van der Waals surface area contributed by atoms with Gasteiger partial charge in [-0.3, -0.25) is 4.90 Å². The lowest BCUT2D eigenvalue weighted by Crippen LogP contribution is -2.42. The van der Waals surface area contributed by atoms with Gasteiger partial charge < -0.3 is 10.0 Å². The molecule has 0 aromatic heterocycles. The van der Waals surface area contributed by atoms with E-state index < -0.39 is 6.10 Å². The first-order valence-electron chi connectivity index (χ1n) is 6.82. The largest absolute Gasteiger partial charge is 0.387 e. The van der Waals surface area contributed by atoms with Crippen LogP contribution in [0.25, 0.3) is 0 Å². The second-order valence-corrected chi connectivity index (χ2v) is 5.63.